The summed E-state index contributed by atoms with van der Waals surface area (Å²) in [5, 5.41) is 3.22. The van der Waals surface area contributed by atoms with Crippen LogP contribution >= 0.6 is 0 Å². The molecule has 1 unspecified atom stereocenters. The summed E-state index contributed by atoms with van der Waals surface area (Å²) >= 11 is 0. The van der Waals surface area contributed by atoms with Crippen molar-refractivity contribution in [2.75, 3.05) is 33.3 Å². The molecule has 27 heavy (non-hydrogen) atoms. The number of hydrogen-bond donors (Lipinski definition) is 1. The highest BCUT2D eigenvalue weighted by Gasteiger charge is 2.26. The number of amides is 1. The molecule has 2 aromatic rings. The van der Waals surface area contributed by atoms with Crippen molar-refractivity contribution in [3.8, 4) is 17.2 Å². The number of ether oxygens (including phenoxy) is 2. The molecule has 1 heterocycles. The Bertz CT molecular complexity index is 761. The van der Waals surface area contributed by atoms with Gasteiger partial charge < -0.3 is 19.7 Å². The van der Waals surface area contributed by atoms with Crippen LogP contribution in [0.25, 0.3) is 0 Å². The molecule has 1 aliphatic heterocycles. The number of piperidine rings is 1. The van der Waals surface area contributed by atoms with Crippen LogP contribution in [0.1, 0.15) is 30.1 Å². The predicted molar refractivity (Wildman–Crippen MR) is 107 cm³/mol. The van der Waals surface area contributed by atoms with E-state index in [9.17, 15) is 4.79 Å². The lowest BCUT2D eigenvalue weighted by molar-refractivity contribution is 0.0671. The summed E-state index contributed by atoms with van der Waals surface area (Å²) in [6, 6.07) is 15.0. The highest BCUT2D eigenvalue weighted by atomic mass is 16.5. The van der Waals surface area contributed by atoms with Crippen LogP contribution in [-0.4, -0.2) is 44.1 Å². The Morgan fingerprint density at radius 1 is 1.11 bits per heavy atom. The third-order valence-corrected chi connectivity index (χ3v) is 4.79. The minimum atomic E-state index is 0.0281. The van der Waals surface area contributed by atoms with Crippen molar-refractivity contribution >= 4 is 5.91 Å². The maximum Gasteiger partial charge on any atom is 0.257 e. The molecule has 1 saturated heterocycles. The molecule has 0 aromatic heterocycles. The third-order valence-electron chi connectivity index (χ3n) is 4.79. The second-order valence-electron chi connectivity index (χ2n) is 6.80. The first-order chi connectivity index (χ1) is 13.2. The van der Waals surface area contributed by atoms with Gasteiger partial charge in [-0.25, -0.2) is 0 Å². The van der Waals surface area contributed by atoms with Gasteiger partial charge in [0, 0.05) is 13.1 Å². The van der Waals surface area contributed by atoms with Gasteiger partial charge in [-0.15, -0.1) is 0 Å². The second-order valence-corrected chi connectivity index (χ2v) is 6.80. The van der Waals surface area contributed by atoms with Crippen molar-refractivity contribution in [2.45, 2.75) is 19.8 Å². The molecule has 2 aromatic carbocycles. The number of nitrogens with one attached hydrogen (secondary N) is 1. The standard InChI is InChI=1S/C22H28N2O3/c1-3-26-20-12-6-7-13-21(20)27-19-11-5-4-10-18(19)22(25)24-14-8-9-17(16-24)15-23-2/h4-7,10-13,17,23H,3,8-9,14-16H2,1-2H3. The van der Waals surface area contributed by atoms with E-state index in [1.54, 1.807) is 0 Å². The number of para-hydroxylation sites is 3. The van der Waals surface area contributed by atoms with Crippen molar-refractivity contribution < 1.29 is 14.3 Å². The van der Waals surface area contributed by atoms with E-state index in [1.165, 1.54) is 0 Å². The van der Waals surface area contributed by atoms with E-state index in [0.717, 1.165) is 32.5 Å². The number of hydrogen-bond acceptors (Lipinski definition) is 4. The summed E-state index contributed by atoms with van der Waals surface area (Å²) in [5.74, 6) is 2.38. The molecule has 1 fully saturated rings. The molecule has 0 radical (unpaired) electrons. The van der Waals surface area contributed by atoms with Crippen molar-refractivity contribution in [3.05, 3.63) is 54.1 Å². The van der Waals surface area contributed by atoms with Crippen LogP contribution in [-0.2, 0) is 0 Å². The fraction of sp³-hybridized carbons (Fsp3) is 0.409. The van der Waals surface area contributed by atoms with Gasteiger partial charge in [0.2, 0.25) is 0 Å². The van der Waals surface area contributed by atoms with Crippen LogP contribution in [0.3, 0.4) is 0 Å². The van der Waals surface area contributed by atoms with E-state index in [0.29, 0.717) is 35.3 Å². The Labute approximate surface area is 161 Å². The first-order valence-electron chi connectivity index (χ1n) is 9.65. The number of nitrogens with zero attached hydrogens (tertiary/aromatic N) is 1. The average Bonchev–Trinajstić information content (AvgIpc) is 2.70. The number of likely N-dealkylation sites (tertiary alicyclic amines) is 1. The fourth-order valence-corrected chi connectivity index (χ4v) is 3.54. The highest BCUT2D eigenvalue weighted by Crippen LogP contribution is 2.33. The quantitative estimate of drug-likeness (QED) is 0.804. The zero-order chi connectivity index (χ0) is 19.1. The maximum atomic E-state index is 13.2. The van der Waals surface area contributed by atoms with Gasteiger partial charge in [-0.05, 0) is 63.5 Å². The molecule has 1 N–H and O–H groups in total. The second kappa shape index (κ2) is 9.42. The molecular formula is C22H28N2O3. The Balaban J connectivity index is 1.81. The topological polar surface area (TPSA) is 50.8 Å². The van der Waals surface area contributed by atoms with Crippen molar-refractivity contribution in [2.24, 2.45) is 5.92 Å². The predicted octanol–water partition coefficient (Wildman–Crippen LogP) is 3.95. The lowest BCUT2D eigenvalue weighted by atomic mass is 9.97. The number of rotatable bonds is 7. The summed E-state index contributed by atoms with van der Waals surface area (Å²) < 4.78 is 11.7. The number of benzene rings is 2. The highest BCUT2D eigenvalue weighted by molar-refractivity contribution is 5.97. The van der Waals surface area contributed by atoms with Crippen LogP contribution in [0.2, 0.25) is 0 Å². The van der Waals surface area contributed by atoms with Crippen LogP contribution in [0.15, 0.2) is 48.5 Å². The SMILES string of the molecule is CCOc1ccccc1Oc1ccccc1C(=O)N1CCCC(CNC)C1. The maximum absolute atomic E-state index is 13.2. The van der Waals surface area contributed by atoms with E-state index in [-0.39, 0.29) is 5.91 Å². The van der Waals surface area contributed by atoms with Crippen LogP contribution in [0.5, 0.6) is 17.2 Å². The third kappa shape index (κ3) is 4.80. The first kappa shape index (κ1) is 19.2. The molecule has 0 bridgehead atoms. The van der Waals surface area contributed by atoms with E-state index >= 15 is 0 Å². The van der Waals surface area contributed by atoms with E-state index in [2.05, 4.69) is 5.32 Å². The zero-order valence-corrected chi connectivity index (χ0v) is 16.1. The Morgan fingerprint density at radius 2 is 1.81 bits per heavy atom. The Morgan fingerprint density at radius 3 is 2.56 bits per heavy atom. The van der Waals surface area contributed by atoms with Gasteiger partial charge in [0.1, 0.15) is 5.75 Å². The summed E-state index contributed by atoms with van der Waals surface area (Å²) in [6.07, 6.45) is 2.19. The van der Waals surface area contributed by atoms with Crippen molar-refractivity contribution in [1.82, 2.24) is 10.2 Å². The lowest BCUT2D eigenvalue weighted by Gasteiger charge is -2.33. The monoisotopic (exact) mass is 368 g/mol. The summed E-state index contributed by atoms with van der Waals surface area (Å²) in [4.78, 5) is 15.1. The minimum absolute atomic E-state index is 0.0281. The van der Waals surface area contributed by atoms with Gasteiger partial charge in [-0.1, -0.05) is 24.3 Å². The van der Waals surface area contributed by atoms with E-state index in [4.69, 9.17) is 9.47 Å². The van der Waals surface area contributed by atoms with Crippen LogP contribution in [0.4, 0.5) is 0 Å². The van der Waals surface area contributed by atoms with Gasteiger partial charge in [0.25, 0.3) is 5.91 Å². The molecule has 1 amide bonds. The van der Waals surface area contributed by atoms with E-state index in [1.807, 2.05) is 67.4 Å². The normalized spacial score (nSPS) is 16.8. The Kier molecular flexibility index (Phi) is 6.71. The van der Waals surface area contributed by atoms with Gasteiger partial charge in [0.05, 0.1) is 12.2 Å². The van der Waals surface area contributed by atoms with Crippen LogP contribution < -0.4 is 14.8 Å². The molecule has 5 heteroatoms. The smallest absolute Gasteiger partial charge is 0.257 e. The largest absolute Gasteiger partial charge is 0.490 e. The molecule has 0 spiro atoms. The van der Waals surface area contributed by atoms with Gasteiger partial charge >= 0.3 is 0 Å². The molecule has 1 aliphatic rings. The molecule has 144 valence electrons. The molecule has 3 rings (SSSR count). The molecule has 0 saturated carbocycles. The van der Waals surface area contributed by atoms with Crippen LogP contribution in [0, 0.1) is 5.92 Å². The van der Waals surface area contributed by atoms with Gasteiger partial charge in [-0.3, -0.25) is 4.79 Å². The first-order valence-corrected chi connectivity index (χ1v) is 9.65. The summed E-state index contributed by atoms with van der Waals surface area (Å²) in [6.45, 7) is 5.00. The van der Waals surface area contributed by atoms with Crippen molar-refractivity contribution in [3.63, 3.8) is 0 Å². The molecule has 5 nitrogen and oxygen atoms in total. The number of carbonyl (C=O) groups is 1. The van der Waals surface area contributed by atoms with Gasteiger partial charge in [-0.2, -0.15) is 0 Å². The molecular weight excluding hydrogens is 340 g/mol. The minimum Gasteiger partial charge on any atom is -0.490 e. The number of carbonyl (C=O) groups excluding carboxylic acids is 1. The zero-order valence-electron chi connectivity index (χ0n) is 16.1. The van der Waals surface area contributed by atoms with Gasteiger partial charge in [0.15, 0.2) is 11.5 Å². The summed E-state index contributed by atoms with van der Waals surface area (Å²) in [7, 11) is 1.96. The fourth-order valence-electron chi connectivity index (χ4n) is 3.54. The van der Waals surface area contributed by atoms with Crippen molar-refractivity contribution in [1.29, 1.82) is 0 Å². The Hall–Kier alpha value is -2.53. The molecule has 0 aliphatic carbocycles. The summed E-state index contributed by atoms with van der Waals surface area (Å²) in [5.41, 5.74) is 0.592. The average molecular weight is 368 g/mol. The van der Waals surface area contributed by atoms with E-state index < -0.39 is 0 Å². The molecule has 1 atom stereocenters. The lowest BCUT2D eigenvalue weighted by Crippen LogP contribution is -2.42.